The molecule has 1 unspecified atom stereocenters. The number of hydrogen-bond acceptors (Lipinski definition) is 7. The van der Waals surface area contributed by atoms with E-state index in [0.29, 0.717) is 16.5 Å². The Labute approximate surface area is 202 Å². The van der Waals surface area contributed by atoms with Gasteiger partial charge in [-0.2, -0.15) is 0 Å². The zero-order valence-corrected chi connectivity index (χ0v) is 19.8. The molecule has 2 N–H and O–H groups in total. The van der Waals surface area contributed by atoms with Crippen molar-refractivity contribution >= 4 is 40.2 Å². The highest BCUT2D eigenvalue weighted by Gasteiger charge is 2.27. The minimum Gasteiger partial charge on any atom is -0.480 e. The number of hydrogen-bond donors (Lipinski definition) is 2. The molecular weight excluding hydrogens is 482 g/mol. The summed E-state index contributed by atoms with van der Waals surface area (Å²) >= 11 is 7.00. The van der Waals surface area contributed by atoms with Gasteiger partial charge in [0, 0.05) is 12.1 Å². The first-order valence-corrected chi connectivity index (χ1v) is 11.4. The molecular formula is C22H20ClN5O5S. The number of aliphatic carboxylic acids is 1. The summed E-state index contributed by atoms with van der Waals surface area (Å²) in [5, 5.41) is 9.30. The number of aromatic nitrogens is 3. The number of aryl methyl sites for hydroxylation is 1. The van der Waals surface area contributed by atoms with Crippen LogP contribution in [-0.4, -0.2) is 42.2 Å². The van der Waals surface area contributed by atoms with Crippen molar-refractivity contribution in [3.05, 3.63) is 85.2 Å². The van der Waals surface area contributed by atoms with E-state index >= 15 is 0 Å². The fourth-order valence-corrected chi connectivity index (χ4v) is 4.09. The predicted octanol–water partition coefficient (Wildman–Crippen LogP) is 2.05. The lowest BCUT2D eigenvalue weighted by Gasteiger charge is -2.10. The van der Waals surface area contributed by atoms with E-state index in [1.54, 1.807) is 49.4 Å². The van der Waals surface area contributed by atoms with Gasteiger partial charge in [-0.3, -0.25) is 14.3 Å². The van der Waals surface area contributed by atoms with Crippen LogP contribution in [0.3, 0.4) is 0 Å². The van der Waals surface area contributed by atoms with Crippen molar-refractivity contribution in [2.75, 3.05) is 6.54 Å². The minimum atomic E-state index is -0.937. The molecule has 0 saturated carbocycles. The van der Waals surface area contributed by atoms with Crippen molar-refractivity contribution in [1.29, 1.82) is 0 Å². The van der Waals surface area contributed by atoms with E-state index in [0.717, 1.165) is 27.5 Å². The number of ether oxygens (including phenoxy) is 1. The third kappa shape index (κ3) is 5.15. The Morgan fingerprint density at radius 3 is 2.68 bits per heavy atom. The van der Waals surface area contributed by atoms with Crippen LogP contribution < -0.4 is 21.7 Å². The molecule has 0 bridgehead atoms. The van der Waals surface area contributed by atoms with Crippen LogP contribution in [-0.2, 0) is 18.4 Å². The SMILES string of the molecule is Cc1cc(/N=c2\[nH]c(=O)n(C)c(=O)n2Cc2ccc(Cl)cc2)ccc1OC1=NCC(C(=O)O)S1. The number of nitrogens with zero attached hydrogens (tertiary/aromatic N) is 4. The van der Waals surface area contributed by atoms with Crippen molar-refractivity contribution in [1.82, 2.24) is 14.1 Å². The van der Waals surface area contributed by atoms with Crippen molar-refractivity contribution in [3.8, 4) is 5.75 Å². The average Bonchev–Trinajstić information content (AvgIpc) is 3.27. The summed E-state index contributed by atoms with van der Waals surface area (Å²) in [5.74, 6) is -0.434. The minimum absolute atomic E-state index is 0.0936. The zero-order chi connectivity index (χ0) is 24.4. The number of nitrogens with one attached hydrogen (secondary N) is 1. The Morgan fingerprint density at radius 2 is 2.03 bits per heavy atom. The number of carbonyl (C=O) groups is 1. The topological polar surface area (TPSA) is 131 Å². The van der Waals surface area contributed by atoms with Crippen molar-refractivity contribution < 1.29 is 14.6 Å². The van der Waals surface area contributed by atoms with Gasteiger partial charge in [-0.05, 0) is 48.4 Å². The summed E-state index contributed by atoms with van der Waals surface area (Å²) in [6.45, 7) is 2.14. The molecule has 1 aliphatic heterocycles. The summed E-state index contributed by atoms with van der Waals surface area (Å²) in [5.41, 5.74) is 1.01. The largest absolute Gasteiger partial charge is 0.480 e. The van der Waals surface area contributed by atoms with Crippen molar-refractivity contribution in [2.45, 2.75) is 18.7 Å². The predicted molar refractivity (Wildman–Crippen MR) is 129 cm³/mol. The molecule has 0 aliphatic carbocycles. The van der Waals surface area contributed by atoms with Crippen LogP contribution in [0.5, 0.6) is 5.75 Å². The number of carboxylic acid groups (broad SMARTS) is 1. The van der Waals surface area contributed by atoms with Crippen molar-refractivity contribution in [2.24, 2.45) is 17.0 Å². The molecule has 12 heteroatoms. The number of aliphatic imine (C=N–C) groups is 1. The number of benzene rings is 2. The monoisotopic (exact) mass is 501 g/mol. The van der Waals surface area contributed by atoms with Crippen LogP contribution in [0.25, 0.3) is 0 Å². The van der Waals surface area contributed by atoms with E-state index in [9.17, 15) is 14.4 Å². The Bertz CT molecular complexity index is 1470. The van der Waals surface area contributed by atoms with E-state index in [4.69, 9.17) is 21.4 Å². The van der Waals surface area contributed by atoms with Crippen LogP contribution >= 0.6 is 23.4 Å². The van der Waals surface area contributed by atoms with E-state index in [2.05, 4.69) is 15.0 Å². The Morgan fingerprint density at radius 1 is 1.29 bits per heavy atom. The molecule has 1 aromatic heterocycles. The molecule has 0 amide bonds. The van der Waals surface area contributed by atoms with Gasteiger partial charge in [0.2, 0.25) is 5.62 Å². The van der Waals surface area contributed by atoms with Crippen molar-refractivity contribution in [3.63, 3.8) is 0 Å². The molecule has 10 nitrogen and oxygen atoms in total. The zero-order valence-electron chi connectivity index (χ0n) is 18.2. The molecule has 0 radical (unpaired) electrons. The van der Waals surface area contributed by atoms with E-state index in [1.807, 2.05) is 0 Å². The van der Waals surface area contributed by atoms with Gasteiger partial charge in [-0.1, -0.05) is 35.5 Å². The smallest absolute Gasteiger partial charge is 0.335 e. The lowest BCUT2D eigenvalue weighted by Crippen LogP contribution is -2.48. The summed E-state index contributed by atoms with van der Waals surface area (Å²) in [6, 6.07) is 12.1. The standard InChI is InChI=1S/C22H20ClN5O5S/c1-12-9-15(7-8-16(12)33-21-24-10-17(34-21)18(29)30)25-19-26-20(31)27(2)22(32)28(19)11-13-3-5-14(23)6-4-13/h3-9,17H,10-11H2,1-2H3,(H,29,30)(H,25,26,31). The average molecular weight is 502 g/mol. The van der Waals surface area contributed by atoms with Gasteiger partial charge < -0.3 is 9.84 Å². The molecule has 0 saturated heterocycles. The highest BCUT2D eigenvalue weighted by atomic mass is 35.5. The molecule has 1 atom stereocenters. The first-order chi connectivity index (χ1) is 16.2. The fourth-order valence-electron chi connectivity index (χ4n) is 3.18. The molecule has 3 aromatic rings. The molecule has 176 valence electrons. The second-order valence-electron chi connectivity index (χ2n) is 7.52. The second kappa shape index (κ2) is 9.74. The molecule has 2 aromatic carbocycles. The second-order valence-corrected chi connectivity index (χ2v) is 9.11. The molecule has 4 rings (SSSR count). The van der Waals surface area contributed by atoms with Gasteiger partial charge in [-0.25, -0.2) is 24.1 Å². The Hall–Kier alpha value is -3.57. The summed E-state index contributed by atoms with van der Waals surface area (Å²) < 4.78 is 8.07. The maximum atomic E-state index is 12.8. The molecule has 1 aliphatic rings. The first kappa shape index (κ1) is 23.6. The third-order valence-corrected chi connectivity index (χ3v) is 6.35. The number of thioether (sulfide) groups is 1. The normalized spacial score (nSPS) is 15.9. The van der Waals surface area contributed by atoms with Crippen LogP contribution in [0, 0.1) is 6.92 Å². The lowest BCUT2D eigenvalue weighted by atomic mass is 10.2. The maximum absolute atomic E-state index is 12.8. The molecule has 0 spiro atoms. The number of carboxylic acids is 1. The quantitative estimate of drug-likeness (QED) is 0.550. The highest BCUT2D eigenvalue weighted by molar-refractivity contribution is 8.15. The van der Waals surface area contributed by atoms with Gasteiger partial charge in [-0.15, -0.1) is 0 Å². The van der Waals surface area contributed by atoms with Crippen LogP contribution in [0.2, 0.25) is 5.02 Å². The van der Waals surface area contributed by atoms with E-state index in [1.165, 1.54) is 11.6 Å². The van der Waals surface area contributed by atoms with Gasteiger partial charge in [0.05, 0.1) is 18.8 Å². The lowest BCUT2D eigenvalue weighted by molar-refractivity contribution is -0.136. The van der Waals surface area contributed by atoms with Gasteiger partial charge >= 0.3 is 17.3 Å². The summed E-state index contributed by atoms with van der Waals surface area (Å²) in [6.07, 6.45) is 0. The van der Waals surface area contributed by atoms with Gasteiger partial charge in [0.25, 0.3) is 5.23 Å². The molecule has 34 heavy (non-hydrogen) atoms. The third-order valence-electron chi connectivity index (χ3n) is 5.05. The van der Waals surface area contributed by atoms with Gasteiger partial charge in [0.15, 0.2) is 0 Å². The van der Waals surface area contributed by atoms with Gasteiger partial charge in [0.1, 0.15) is 11.0 Å². The number of halogens is 1. The van der Waals surface area contributed by atoms with E-state index < -0.39 is 22.6 Å². The van der Waals surface area contributed by atoms with Crippen LogP contribution in [0.15, 0.2) is 62.0 Å². The molecule has 2 heterocycles. The number of rotatable bonds is 5. The van der Waals surface area contributed by atoms with E-state index in [-0.39, 0.29) is 23.9 Å². The fraction of sp³-hybridized carbons (Fsp3) is 0.227. The first-order valence-electron chi connectivity index (χ1n) is 10.1. The molecule has 0 fully saturated rings. The summed E-state index contributed by atoms with van der Waals surface area (Å²) in [7, 11) is 1.39. The Balaban J connectivity index is 1.66. The maximum Gasteiger partial charge on any atom is 0.335 e. The number of aromatic amines is 1. The Kier molecular flexibility index (Phi) is 6.75. The summed E-state index contributed by atoms with van der Waals surface area (Å²) in [4.78, 5) is 47.4. The number of H-pyrrole nitrogens is 1. The van der Waals surface area contributed by atoms with Crippen LogP contribution in [0.1, 0.15) is 11.1 Å². The van der Waals surface area contributed by atoms with Crippen LogP contribution in [0.4, 0.5) is 5.69 Å². The highest BCUT2D eigenvalue weighted by Crippen LogP contribution is 2.28.